The maximum atomic E-state index is 11.6. The molecule has 0 saturated heterocycles. The van der Waals surface area contributed by atoms with E-state index >= 15 is 0 Å². The lowest BCUT2D eigenvalue weighted by Crippen LogP contribution is -2.25. The number of benzene rings is 1. The Kier molecular flexibility index (Phi) is 6.35. The number of carbonyl (C=O) groups excluding carboxylic acids is 1. The van der Waals surface area contributed by atoms with E-state index < -0.39 is 5.97 Å². The maximum absolute atomic E-state index is 11.6. The lowest BCUT2D eigenvalue weighted by Gasteiger charge is -2.03. The summed E-state index contributed by atoms with van der Waals surface area (Å²) in [5.41, 5.74) is 2.06. The molecule has 23 heavy (non-hydrogen) atoms. The maximum Gasteiger partial charge on any atom is 0.303 e. The van der Waals surface area contributed by atoms with E-state index in [9.17, 15) is 9.59 Å². The molecule has 6 nitrogen and oxygen atoms in total. The van der Waals surface area contributed by atoms with Gasteiger partial charge in [-0.1, -0.05) is 18.2 Å². The number of carboxylic acids is 1. The van der Waals surface area contributed by atoms with E-state index in [1.165, 1.54) is 0 Å². The van der Waals surface area contributed by atoms with Gasteiger partial charge in [0.2, 0.25) is 5.91 Å². The minimum Gasteiger partial charge on any atom is -0.481 e. The van der Waals surface area contributed by atoms with E-state index in [0.717, 1.165) is 11.3 Å². The van der Waals surface area contributed by atoms with Gasteiger partial charge in [0.15, 0.2) is 0 Å². The van der Waals surface area contributed by atoms with Crippen molar-refractivity contribution < 1.29 is 14.7 Å². The number of rotatable bonds is 9. The monoisotopic (exact) mass is 315 g/mol. The molecule has 0 aliphatic heterocycles. The second-order valence-corrected chi connectivity index (χ2v) is 5.33. The first kappa shape index (κ1) is 16.7. The smallest absolute Gasteiger partial charge is 0.303 e. The summed E-state index contributed by atoms with van der Waals surface area (Å²) in [5.74, 6) is -0.855. The zero-order valence-electron chi connectivity index (χ0n) is 12.9. The van der Waals surface area contributed by atoms with Crippen molar-refractivity contribution in [2.24, 2.45) is 0 Å². The van der Waals surface area contributed by atoms with Crippen LogP contribution in [0, 0.1) is 0 Å². The highest BCUT2D eigenvalue weighted by Gasteiger charge is 2.04. The van der Waals surface area contributed by atoms with E-state index in [1.54, 1.807) is 6.20 Å². The third-order valence-corrected chi connectivity index (χ3v) is 3.44. The molecule has 122 valence electrons. The Morgan fingerprint density at radius 3 is 2.61 bits per heavy atom. The number of hydrogen-bond donors (Lipinski definition) is 2. The molecule has 1 aromatic heterocycles. The van der Waals surface area contributed by atoms with Crippen LogP contribution in [-0.2, 0) is 16.0 Å². The summed E-state index contributed by atoms with van der Waals surface area (Å²) >= 11 is 0. The first-order chi connectivity index (χ1) is 11.1. The number of nitrogens with one attached hydrogen (secondary N) is 1. The van der Waals surface area contributed by atoms with E-state index in [2.05, 4.69) is 10.4 Å². The molecule has 1 aromatic carbocycles. The van der Waals surface area contributed by atoms with Crippen molar-refractivity contribution in [2.45, 2.75) is 32.1 Å². The molecule has 2 N–H and O–H groups in total. The number of carboxylic acid groups (broad SMARTS) is 1. The number of aliphatic carboxylic acids is 1. The largest absolute Gasteiger partial charge is 0.481 e. The SMILES string of the molecule is O=C(O)CCCCC(=O)NCCc1cnn(-c2ccccc2)c1. The normalized spacial score (nSPS) is 10.4. The fraction of sp³-hybridized carbons (Fsp3) is 0.353. The van der Waals surface area contributed by atoms with Crippen molar-refractivity contribution >= 4 is 11.9 Å². The Labute approximate surface area is 135 Å². The number of aromatic nitrogens is 2. The summed E-state index contributed by atoms with van der Waals surface area (Å²) < 4.78 is 1.81. The summed E-state index contributed by atoms with van der Waals surface area (Å²) in [6, 6.07) is 9.84. The van der Waals surface area contributed by atoms with E-state index in [-0.39, 0.29) is 12.3 Å². The van der Waals surface area contributed by atoms with Gasteiger partial charge in [0.1, 0.15) is 0 Å². The number of carbonyl (C=O) groups is 2. The molecule has 0 aliphatic rings. The standard InChI is InChI=1S/C17H21N3O3/c21-16(8-4-5-9-17(22)23)18-11-10-14-12-19-20(13-14)15-6-2-1-3-7-15/h1-3,6-7,12-13H,4-5,8-11H2,(H,18,21)(H,22,23). The Morgan fingerprint density at radius 2 is 1.87 bits per heavy atom. The van der Waals surface area contributed by atoms with Gasteiger partial charge in [0.05, 0.1) is 11.9 Å². The number of para-hydroxylation sites is 1. The van der Waals surface area contributed by atoms with Crippen molar-refractivity contribution in [1.82, 2.24) is 15.1 Å². The molecular formula is C17H21N3O3. The average Bonchev–Trinajstić information content (AvgIpc) is 3.01. The topological polar surface area (TPSA) is 84.2 Å². The molecule has 1 heterocycles. The van der Waals surface area contributed by atoms with Gasteiger partial charge in [0.25, 0.3) is 0 Å². The molecule has 0 fully saturated rings. The third-order valence-electron chi connectivity index (χ3n) is 3.44. The van der Waals surface area contributed by atoms with Crippen molar-refractivity contribution in [2.75, 3.05) is 6.54 Å². The molecule has 1 amide bonds. The van der Waals surface area contributed by atoms with Gasteiger partial charge in [-0.25, -0.2) is 4.68 Å². The van der Waals surface area contributed by atoms with Crippen LogP contribution >= 0.6 is 0 Å². The summed E-state index contributed by atoms with van der Waals surface area (Å²) in [4.78, 5) is 22.0. The average molecular weight is 315 g/mol. The molecule has 6 heteroatoms. The van der Waals surface area contributed by atoms with Crippen LogP contribution in [0.25, 0.3) is 5.69 Å². The highest BCUT2D eigenvalue weighted by Crippen LogP contribution is 2.07. The minimum absolute atomic E-state index is 0.0363. The zero-order chi connectivity index (χ0) is 16.5. The fourth-order valence-corrected chi connectivity index (χ4v) is 2.21. The molecule has 0 radical (unpaired) electrons. The summed E-state index contributed by atoms with van der Waals surface area (Å²) in [7, 11) is 0. The van der Waals surface area contributed by atoms with Gasteiger partial charge in [-0.05, 0) is 37.0 Å². The van der Waals surface area contributed by atoms with Crippen LogP contribution < -0.4 is 5.32 Å². The Hall–Kier alpha value is -2.63. The van der Waals surface area contributed by atoms with Crippen LogP contribution in [0.2, 0.25) is 0 Å². The lowest BCUT2D eigenvalue weighted by molar-refractivity contribution is -0.137. The highest BCUT2D eigenvalue weighted by atomic mass is 16.4. The van der Waals surface area contributed by atoms with Gasteiger partial charge in [-0.3, -0.25) is 9.59 Å². The van der Waals surface area contributed by atoms with Crippen LogP contribution in [0.15, 0.2) is 42.7 Å². The third kappa shape index (κ3) is 5.94. The van der Waals surface area contributed by atoms with Crippen LogP contribution in [0.4, 0.5) is 0 Å². The lowest BCUT2D eigenvalue weighted by atomic mass is 10.2. The number of hydrogen-bond acceptors (Lipinski definition) is 3. The molecule has 0 atom stereocenters. The summed E-state index contributed by atoms with van der Waals surface area (Å²) in [6.07, 6.45) is 6.09. The molecule has 0 saturated carbocycles. The first-order valence-electron chi connectivity index (χ1n) is 7.72. The second kappa shape index (κ2) is 8.73. The molecular weight excluding hydrogens is 294 g/mol. The zero-order valence-corrected chi connectivity index (χ0v) is 12.9. The molecule has 0 unspecified atom stereocenters. The molecule has 2 rings (SSSR count). The molecule has 0 aliphatic carbocycles. The number of nitrogens with zero attached hydrogens (tertiary/aromatic N) is 2. The minimum atomic E-state index is -0.819. The Morgan fingerprint density at radius 1 is 1.13 bits per heavy atom. The molecule has 0 bridgehead atoms. The van der Waals surface area contributed by atoms with Crippen molar-refractivity contribution in [1.29, 1.82) is 0 Å². The first-order valence-corrected chi connectivity index (χ1v) is 7.72. The van der Waals surface area contributed by atoms with Gasteiger partial charge in [-0.2, -0.15) is 5.10 Å². The predicted octanol–water partition coefficient (Wildman–Crippen LogP) is 2.18. The number of amides is 1. The van der Waals surface area contributed by atoms with Crippen LogP contribution in [-0.4, -0.2) is 33.3 Å². The van der Waals surface area contributed by atoms with Crippen molar-refractivity contribution in [3.8, 4) is 5.69 Å². The second-order valence-electron chi connectivity index (χ2n) is 5.33. The fourth-order valence-electron chi connectivity index (χ4n) is 2.21. The van der Waals surface area contributed by atoms with E-state index in [0.29, 0.717) is 32.2 Å². The Balaban J connectivity index is 1.67. The quantitative estimate of drug-likeness (QED) is 0.695. The summed E-state index contributed by atoms with van der Waals surface area (Å²) in [6.45, 7) is 0.554. The highest BCUT2D eigenvalue weighted by molar-refractivity contribution is 5.75. The molecule has 2 aromatic rings. The van der Waals surface area contributed by atoms with Gasteiger partial charge >= 0.3 is 5.97 Å². The summed E-state index contributed by atoms with van der Waals surface area (Å²) in [5, 5.41) is 15.7. The van der Waals surface area contributed by atoms with Crippen LogP contribution in [0.1, 0.15) is 31.2 Å². The molecule has 0 spiro atoms. The van der Waals surface area contributed by atoms with Gasteiger partial charge in [-0.15, -0.1) is 0 Å². The van der Waals surface area contributed by atoms with E-state index in [4.69, 9.17) is 5.11 Å². The van der Waals surface area contributed by atoms with Gasteiger partial charge < -0.3 is 10.4 Å². The van der Waals surface area contributed by atoms with Gasteiger partial charge in [0, 0.05) is 25.6 Å². The van der Waals surface area contributed by atoms with E-state index in [1.807, 2.05) is 41.2 Å². The van der Waals surface area contributed by atoms with Crippen molar-refractivity contribution in [3.05, 3.63) is 48.3 Å². The van der Waals surface area contributed by atoms with Crippen LogP contribution in [0.5, 0.6) is 0 Å². The number of unbranched alkanes of at least 4 members (excludes halogenated alkanes) is 1. The Bertz CT molecular complexity index is 638. The van der Waals surface area contributed by atoms with Crippen LogP contribution in [0.3, 0.4) is 0 Å². The van der Waals surface area contributed by atoms with Crippen molar-refractivity contribution in [3.63, 3.8) is 0 Å². The predicted molar refractivity (Wildman–Crippen MR) is 86.4 cm³/mol.